The van der Waals surface area contributed by atoms with Gasteiger partial charge in [-0.25, -0.2) is 4.79 Å². The summed E-state index contributed by atoms with van der Waals surface area (Å²) in [6, 6.07) is 17.1. The number of carbonyl (C=O) groups is 1. The molecule has 5 heteroatoms. The van der Waals surface area contributed by atoms with Gasteiger partial charge in [0.15, 0.2) is 11.5 Å². The summed E-state index contributed by atoms with van der Waals surface area (Å²) >= 11 is 0. The van der Waals surface area contributed by atoms with E-state index in [9.17, 15) is 4.79 Å². The molecule has 2 aromatic carbocycles. The molecule has 0 saturated carbocycles. The summed E-state index contributed by atoms with van der Waals surface area (Å²) in [6.07, 6.45) is 0. The lowest BCUT2D eigenvalue weighted by molar-refractivity contribution is 0.0472. The fraction of sp³-hybridized carbons (Fsp3) is 0.190. The molecule has 0 spiro atoms. The number of hydrogen-bond donors (Lipinski definition) is 0. The summed E-state index contributed by atoms with van der Waals surface area (Å²) < 4.78 is 18.2. The van der Waals surface area contributed by atoms with Gasteiger partial charge in [-0.3, -0.25) is 0 Å². The topological polar surface area (TPSA) is 49.7 Å². The number of hydrogen-bond acceptors (Lipinski definition) is 4. The minimum atomic E-state index is -0.352. The van der Waals surface area contributed by atoms with Gasteiger partial charge < -0.3 is 18.8 Å². The summed E-state index contributed by atoms with van der Waals surface area (Å²) in [5.41, 5.74) is 4.72. The van der Waals surface area contributed by atoms with Gasteiger partial charge in [-0.15, -0.1) is 0 Å². The van der Waals surface area contributed by atoms with E-state index in [-0.39, 0.29) is 19.4 Å². The maximum absolute atomic E-state index is 12.3. The molecule has 0 fully saturated rings. The van der Waals surface area contributed by atoms with Crippen molar-refractivity contribution in [3.63, 3.8) is 0 Å². The van der Waals surface area contributed by atoms with Crippen LogP contribution in [0.2, 0.25) is 0 Å². The molecule has 0 unspecified atom stereocenters. The monoisotopic (exact) mass is 349 g/mol. The Morgan fingerprint density at radius 1 is 0.962 bits per heavy atom. The Morgan fingerprint density at radius 2 is 1.65 bits per heavy atom. The van der Waals surface area contributed by atoms with Crippen molar-refractivity contribution < 1.29 is 19.0 Å². The van der Waals surface area contributed by atoms with Crippen LogP contribution >= 0.6 is 0 Å². The number of ether oxygens (including phenoxy) is 3. The van der Waals surface area contributed by atoms with Crippen LogP contribution in [0.3, 0.4) is 0 Å². The lowest BCUT2D eigenvalue weighted by atomic mass is 10.2. The zero-order valence-corrected chi connectivity index (χ0v) is 14.7. The van der Waals surface area contributed by atoms with Crippen LogP contribution in [0.1, 0.15) is 27.3 Å². The minimum Gasteiger partial charge on any atom is -0.457 e. The molecule has 0 saturated heterocycles. The lowest BCUT2D eigenvalue weighted by Crippen LogP contribution is -2.06. The number of fused-ring (bicyclic) bond motifs is 1. The molecule has 1 aliphatic rings. The van der Waals surface area contributed by atoms with Crippen LogP contribution in [0, 0.1) is 13.8 Å². The Kier molecular flexibility index (Phi) is 4.13. The Bertz CT molecular complexity index is 937. The van der Waals surface area contributed by atoms with Crippen molar-refractivity contribution in [2.45, 2.75) is 20.5 Å². The molecular formula is C21H19NO4. The van der Waals surface area contributed by atoms with Crippen molar-refractivity contribution in [3.05, 3.63) is 77.1 Å². The molecule has 2 heterocycles. The predicted molar refractivity (Wildman–Crippen MR) is 96.9 cm³/mol. The van der Waals surface area contributed by atoms with Crippen LogP contribution in [0.5, 0.6) is 11.5 Å². The first kappa shape index (κ1) is 16.3. The van der Waals surface area contributed by atoms with Crippen LogP contribution in [0.25, 0.3) is 5.69 Å². The number of rotatable bonds is 4. The van der Waals surface area contributed by atoms with E-state index >= 15 is 0 Å². The second-order valence-electron chi connectivity index (χ2n) is 6.26. The normalized spacial score (nSPS) is 12.2. The summed E-state index contributed by atoms with van der Waals surface area (Å²) in [7, 11) is 0. The van der Waals surface area contributed by atoms with E-state index in [1.54, 1.807) is 12.1 Å². The maximum Gasteiger partial charge on any atom is 0.338 e. The Hall–Kier alpha value is -3.21. The van der Waals surface area contributed by atoms with Crippen molar-refractivity contribution in [1.82, 2.24) is 4.57 Å². The second kappa shape index (κ2) is 6.59. The van der Waals surface area contributed by atoms with Crippen LogP contribution in [-0.2, 0) is 11.3 Å². The van der Waals surface area contributed by atoms with Gasteiger partial charge in [-0.1, -0.05) is 6.07 Å². The number of aryl methyl sites for hydroxylation is 2. The van der Waals surface area contributed by atoms with E-state index in [2.05, 4.69) is 30.5 Å². The Balaban J connectivity index is 1.44. The fourth-order valence-corrected chi connectivity index (χ4v) is 3.09. The van der Waals surface area contributed by atoms with E-state index < -0.39 is 0 Å². The molecule has 0 amide bonds. The summed E-state index contributed by atoms with van der Waals surface area (Å²) in [5.74, 6) is 1.04. The van der Waals surface area contributed by atoms with E-state index in [0.29, 0.717) is 17.1 Å². The highest BCUT2D eigenvalue weighted by Gasteiger charge is 2.14. The molecule has 0 N–H and O–H groups in total. The second-order valence-corrected chi connectivity index (χ2v) is 6.26. The zero-order chi connectivity index (χ0) is 18.1. The van der Waals surface area contributed by atoms with E-state index in [1.165, 1.54) is 0 Å². The highest BCUT2D eigenvalue weighted by Crippen LogP contribution is 2.32. The fourth-order valence-electron chi connectivity index (χ4n) is 3.09. The number of nitrogens with zero attached hydrogens (tertiary/aromatic N) is 1. The molecule has 0 radical (unpaired) electrons. The van der Waals surface area contributed by atoms with Crippen LogP contribution < -0.4 is 9.47 Å². The van der Waals surface area contributed by atoms with Gasteiger partial charge in [0, 0.05) is 17.1 Å². The minimum absolute atomic E-state index is 0.188. The van der Waals surface area contributed by atoms with Gasteiger partial charge in [-0.05, 0) is 67.9 Å². The third-order valence-electron chi connectivity index (χ3n) is 4.44. The van der Waals surface area contributed by atoms with Gasteiger partial charge in [0.1, 0.15) is 6.61 Å². The molecule has 1 aliphatic heterocycles. The van der Waals surface area contributed by atoms with Gasteiger partial charge >= 0.3 is 5.97 Å². The van der Waals surface area contributed by atoms with Crippen LogP contribution in [-0.4, -0.2) is 17.3 Å². The first-order valence-electron chi connectivity index (χ1n) is 8.43. The van der Waals surface area contributed by atoms with Gasteiger partial charge in [0.25, 0.3) is 0 Å². The van der Waals surface area contributed by atoms with Gasteiger partial charge in [0.05, 0.1) is 5.56 Å². The van der Waals surface area contributed by atoms with E-state index in [0.717, 1.165) is 22.6 Å². The summed E-state index contributed by atoms with van der Waals surface area (Å²) in [6.45, 7) is 4.53. The van der Waals surface area contributed by atoms with Crippen LogP contribution in [0.15, 0.2) is 54.6 Å². The summed E-state index contributed by atoms with van der Waals surface area (Å²) in [4.78, 5) is 12.3. The Morgan fingerprint density at radius 3 is 2.38 bits per heavy atom. The molecule has 0 aliphatic carbocycles. The maximum atomic E-state index is 12.3. The smallest absolute Gasteiger partial charge is 0.338 e. The van der Waals surface area contributed by atoms with E-state index in [4.69, 9.17) is 14.2 Å². The highest BCUT2D eigenvalue weighted by atomic mass is 16.7. The summed E-state index contributed by atoms with van der Waals surface area (Å²) in [5, 5.41) is 0. The van der Waals surface area contributed by atoms with Crippen LogP contribution in [0.4, 0.5) is 0 Å². The average Bonchev–Trinajstić information content (AvgIpc) is 3.25. The third kappa shape index (κ3) is 3.04. The standard InChI is InChI=1S/C21H19NO4/c1-14-3-4-15(2)22(14)18-8-6-17(7-9-18)21(23)24-12-16-5-10-19-20(11-16)26-13-25-19/h3-11H,12-13H2,1-2H3. The molecule has 3 aromatic rings. The number of esters is 1. The van der Waals surface area contributed by atoms with Crippen molar-refractivity contribution in [3.8, 4) is 17.2 Å². The largest absolute Gasteiger partial charge is 0.457 e. The SMILES string of the molecule is Cc1ccc(C)n1-c1ccc(C(=O)OCc2ccc3c(c2)OCO3)cc1. The quantitative estimate of drug-likeness (QED) is 0.663. The molecule has 0 atom stereocenters. The van der Waals surface area contributed by atoms with Crippen molar-refractivity contribution in [2.75, 3.05) is 6.79 Å². The molecule has 5 nitrogen and oxygen atoms in total. The lowest BCUT2D eigenvalue weighted by Gasteiger charge is -2.10. The van der Waals surface area contributed by atoms with Crippen molar-refractivity contribution >= 4 is 5.97 Å². The highest BCUT2D eigenvalue weighted by molar-refractivity contribution is 5.89. The average molecular weight is 349 g/mol. The van der Waals surface area contributed by atoms with Crippen molar-refractivity contribution in [2.24, 2.45) is 0 Å². The molecule has 26 heavy (non-hydrogen) atoms. The molecular weight excluding hydrogens is 330 g/mol. The third-order valence-corrected chi connectivity index (χ3v) is 4.44. The molecule has 4 rings (SSSR count). The molecule has 132 valence electrons. The molecule has 1 aromatic heterocycles. The van der Waals surface area contributed by atoms with E-state index in [1.807, 2.05) is 30.3 Å². The zero-order valence-electron chi connectivity index (χ0n) is 14.7. The number of benzene rings is 2. The first-order chi connectivity index (χ1) is 12.6. The predicted octanol–water partition coefficient (Wildman–Crippen LogP) is 4.18. The number of aromatic nitrogens is 1. The van der Waals surface area contributed by atoms with Crippen molar-refractivity contribution in [1.29, 1.82) is 0 Å². The number of carbonyl (C=O) groups excluding carboxylic acids is 1. The van der Waals surface area contributed by atoms with Gasteiger partial charge in [0.2, 0.25) is 6.79 Å². The van der Waals surface area contributed by atoms with Gasteiger partial charge in [-0.2, -0.15) is 0 Å². The Labute approximate surface area is 151 Å². The molecule has 0 bridgehead atoms. The first-order valence-corrected chi connectivity index (χ1v) is 8.43.